The second-order valence-corrected chi connectivity index (χ2v) is 6.01. The zero-order valence-corrected chi connectivity index (χ0v) is 12.3. The van der Waals surface area contributed by atoms with E-state index in [1.807, 2.05) is 6.07 Å². The Bertz CT molecular complexity index is 602. The minimum absolute atomic E-state index is 0.170. The maximum absolute atomic E-state index is 12.7. The third-order valence-corrected chi connectivity index (χ3v) is 4.62. The van der Waals surface area contributed by atoms with Crippen LogP contribution in [-0.2, 0) is 14.4 Å². The van der Waals surface area contributed by atoms with Gasteiger partial charge in [0.2, 0.25) is 11.8 Å². The Hall–Kier alpha value is -2.21. The third-order valence-electron chi connectivity index (χ3n) is 4.62. The number of imide groups is 1. The lowest BCUT2D eigenvalue weighted by Gasteiger charge is -2.31. The predicted molar refractivity (Wildman–Crippen MR) is 80.0 cm³/mol. The molecule has 22 heavy (non-hydrogen) atoms. The van der Waals surface area contributed by atoms with Crippen molar-refractivity contribution >= 4 is 23.4 Å². The van der Waals surface area contributed by atoms with Crippen molar-refractivity contribution in [3.05, 3.63) is 30.3 Å². The molecule has 6 nitrogen and oxygen atoms in total. The lowest BCUT2D eigenvalue weighted by molar-refractivity contribution is -0.922. The molecule has 0 radical (unpaired) electrons. The van der Waals surface area contributed by atoms with E-state index in [9.17, 15) is 14.4 Å². The first-order valence-electron chi connectivity index (χ1n) is 7.63. The van der Waals surface area contributed by atoms with Crippen molar-refractivity contribution in [2.45, 2.75) is 25.3 Å². The molecule has 0 aliphatic carbocycles. The molecule has 3 amide bonds. The number of benzene rings is 1. The molecule has 2 saturated heterocycles. The lowest BCUT2D eigenvalue weighted by atomic mass is 9.96. The number of carbonyl (C=O) groups excluding carboxylic acids is 3. The van der Waals surface area contributed by atoms with Crippen molar-refractivity contribution in [3.63, 3.8) is 0 Å². The number of quaternary nitrogens is 1. The number of anilines is 1. The number of carbonyl (C=O) groups is 3. The van der Waals surface area contributed by atoms with Crippen molar-refractivity contribution in [1.82, 2.24) is 0 Å². The molecule has 2 heterocycles. The van der Waals surface area contributed by atoms with Gasteiger partial charge in [0.15, 0.2) is 6.04 Å². The molecular weight excluding hydrogens is 282 g/mol. The van der Waals surface area contributed by atoms with Gasteiger partial charge in [0, 0.05) is 0 Å². The van der Waals surface area contributed by atoms with Crippen molar-refractivity contribution in [2.24, 2.45) is 11.7 Å². The summed E-state index contributed by atoms with van der Waals surface area (Å²) in [7, 11) is 0. The highest BCUT2D eigenvalue weighted by atomic mass is 16.2. The fourth-order valence-electron chi connectivity index (χ4n) is 3.45. The van der Waals surface area contributed by atoms with Gasteiger partial charge in [-0.1, -0.05) is 18.2 Å². The summed E-state index contributed by atoms with van der Waals surface area (Å²) in [5, 5.41) is 0. The van der Waals surface area contributed by atoms with Gasteiger partial charge in [-0.3, -0.25) is 14.4 Å². The van der Waals surface area contributed by atoms with Crippen LogP contribution in [0.3, 0.4) is 0 Å². The molecule has 0 saturated carbocycles. The Labute approximate surface area is 128 Å². The molecule has 1 aromatic carbocycles. The number of hydrogen-bond acceptors (Lipinski definition) is 3. The van der Waals surface area contributed by atoms with Crippen LogP contribution < -0.4 is 15.5 Å². The molecule has 3 N–H and O–H groups in total. The number of hydrogen-bond donors (Lipinski definition) is 2. The molecule has 3 atom stereocenters. The van der Waals surface area contributed by atoms with Crippen LogP contribution in [0.1, 0.15) is 19.3 Å². The average molecular weight is 302 g/mol. The normalized spacial score (nSPS) is 28.9. The summed E-state index contributed by atoms with van der Waals surface area (Å²) in [4.78, 5) is 38.6. The first kappa shape index (κ1) is 14.7. The molecule has 2 fully saturated rings. The quantitative estimate of drug-likeness (QED) is 0.710. The van der Waals surface area contributed by atoms with Crippen LogP contribution in [0.5, 0.6) is 0 Å². The summed E-state index contributed by atoms with van der Waals surface area (Å²) >= 11 is 0. The predicted octanol–water partition coefficient (Wildman–Crippen LogP) is -0.901. The molecule has 116 valence electrons. The van der Waals surface area contributed by atoms with E-state index in [0.717, 1.165) is 24.3 Å². The van der Waals surface area contributed by atoms with Crippen LogP contribution in [0.2, 0.25) is 0 Å². The first-order chi connectivity index (χ1) is 10.6. The van der Waals surface area contributed by atoms with Crippen LogP contribution in [-0.4, -0.2) is 36.9 Å². The van der Waals surface area contributed by atoms with Crippen molar-refractivity contribution < 1.29 is 19.3 Å². The van der Waals surface area contributed by atoms with E-state index in [-0.39, 0.29) is 30.1 Å². The molecule has 3 rings (SSSR count). The molecule has 0 aromatic heterocycles. The Balaban J connectivity index is 1.78. The smallest absolute Gasteiger partial charge is 0.292 e. The lowest BCUT2D eigenvalue weighted by Crippen LogP contribution is -3.18. The van der Waals surface area contributed by atoms with Crippen molar-refractivity contribution in [1.29, 1.82) is 0 Å². The Kier molecular flexibility index (Phi) is 3.94. The number of piperidine rings is 1. The van der Waals surface area contributed by atoms with E-state index >= 15 is 0 Å². The monoisotopic (exact) mass is 302 g/mol. The molecule has 2 aliphatic rings. The number of amides is 3. The topological polar surface area (TPSA) is 84.9 Å². The van der Waals surface area contributed by atoms with Crippen LogP contribution in [0.4, 0.5) is 5.69 Å². The highest BCUT2D eigenvalue weighted by Gasteiger charge is 2.47. The minimum Gasteiger partial charge on any atom is -0.369 e. The Morgan fingerprint density at radius 2 is 1.95 bits per heavy atom. The van der Waals surface area contributed by atoms with Crippen LogP contribution in [0.15, 0.2) is 30.3 Å². The van der Waals surface area contributed by atoms with Gasteiger partial charge in [-0.2, -0.15) is 0 Å². The summed E-state index contributed by atoms with van der Waals surface area (Å²) < 4.78 is 0. The molecule has 1 aromatic rings. The van der Waals surface area contributed by atoms with Gasteiger partial charge in [-0.25, -0.2) is 4.90 Å². The molecule has 6 heteroatoms. The SMILES string of the molecule is NC(=O)C1CCC[NH+](C2CC(=O)N(c3ccccc3)C2=O)C1. The Morgan fingerprint density at radius 1 is 1.23 bits per heavy atom. The van der Waals surface area contributed by atoms with Gasteiger partial charge in [0.05, 0.1) is 31.1 Å². The van der Waals surface area contributed by atoms with E-state index in [4.69, 9.17) is 5.73 Å². The van der Waals surface area contributed by atoms with E-state index < -0.39 is 6.04 Å². The number of para-hydroxylation sites is 1. The van der Waals surface area contributed by atoms with Crippen molar-refractivity contribution in [3.8, 4) is 0 Å². The molecular formula is C16H20N3O3+. The number of rotatable bonds is 3. The average Bonchev–Trinajstić information content (AvgIpc) is 2.83. The summed E-state index contributed by atoms with van der Waals surface area (Å²) in [6.45, 7) is 1.34. The highest BCUT2D eigenvalue weighted by Crippen LogP contribution is 2.22. The molecule has 0 spiro atoms. The van der Waals surface area contributed by atoms with Gasteiger partial charge in [-0.15, -0.1) is 0 Å². The second kappa shape index (κ2) is 5.88. The molecule has 3 unspecified atom stereocenters. The molecule has 2 aliphatic heterocycles. The number of primary amides is 1. The van der Waals surface area contributed by atoms with E-state index in [1.54, 1.807) is 24.3 Å². The summed E-state index contributed by atoms with van der Waals surface area (Å²) in [5.74, 6) is -0.850. The van der Waals surface area contributed by atoms with Crippen LogP contribution in [0, 0.1) is 5.92 Å². The Morgan fingerprint density at radius 3 is 2.64 bits per heavy atom. The van der Waals surface area contributed by atoms with Gasteiger partial charge in [-0.05, 0) is 25.0 Å². The zero-order valence-electron chi connectivity index (χ0n) is 12.3. The number of likely N-dealkylation sites (tertiary alicyclic amines) is 1. The summed E-state index contributed by atoms with van der Waals surface area (Å²) in [6.07, 6.45) is 1.83. The van der Waals surface area contributed by atoms with E-state index in [1.165, 1.54) is 4.90 Å². The zero-order chi connectivity index (χ0) is 15.7. The van der Waals surface area contributed by atoms with Crippen LogP contribution >= 0.6 is 0 Å². The molecule has 0 bridgehead atoms. The number of nitrogens with one attached hydrogen (secondary N) is 1. The second-order valence-electron chi connectivity index (χ2n) is 6.01. The standard InChI is InChI=1S/C16H19N3O3/c17-15(21)11-5-4-8-18(10-11)13-9-14(20)19(16(13)22)12-6-2-1-3-7-12/h1-3,6-7,11,13H,4-5,8-10H2,(H2,17,21)/p+1. The van der Waals surface area contributed by atoms with Crippen molar-refractivity contribution in [2.75, 3.05) is 18.0 Å². The maximum Gasteiger partial charge on any atom is 0.292 e. The van der Waals surface area contributed by atoms with Gasteiger partial charge in [0.1, 0.15) is 0 Å². The minimum atomic E-state index is -0.394. The number of nitrogens with two attached hydrogens (primary N) is 1. The largest absolute Gasteiger partial charge is 0.369 e. The highest BCUT2D eigenvalue weighted by molar-refractivity contribution is 6.21. The van der Waals surface area contributed by atoms with Gasteiger partial charge in [0.25, 0.3) is 5.91 Å². The first-order valence-corrected chi connectivity index (χ1v) is 7.63. The van der Waals surface area contributed by atoms with Crippen LogP contribution in [0.25, 0.3) is 0 Å². The fraction of sp³-hybridized carbons (Fsp3) is 0.438. The number of nitrogens with zero attached hydrogens (tertiary/aromatic N) is 1. The third kappa shape index (κ3) is 2.62. The van der Waals surface area contributed by atoms with E-state index in [2.05, 4.69) is 0 Å². The summed E-state index contributed by atoms with van der Waals surface area (Å²) in [5.41, 5.74) is 6.01. The maximum atomic E-state index is 12.7. The van der Waals surface area contributed by atoms with E-state index in [0.29, 0.717) is 12.2 Å². The summed E-state index contributed by atoms with van der Waals surface area (Å²) in [6, 6.07) is 8.58. The fourth-order valence-corrected chi connectivity index (χ4v) is 3.45. The van der Waals surface area contributed by atoms with Gasteiger partial charge < -0.3 is 10.6 Å². The van der Waals surface area contributed by atoms with Gasteiger partial charge >= 0.3 is 0 Å².